The van der Waals surface area contributed by atoms with E-state index >= 15 is 0 Å². The van der Waals surface area contributed by atoms with Gasteiger partial charge in [0, 0.05) is 19.3 Å². The molecule has 0 aliphatic carbocycles. The van der Waals surface area contributed by atoms with Gasteiger partial charge in [0.05, 0.1) is 0 Å². The second-order valence-electron chi connectivity index (χ2n) is 5.38. The van der Waals surface area contributed by atoms with E-state index in [0.29, 0.717) is 24.2 Å². The van der Waals surface area contributed by atoms with Gasteiger partial charge in [-0.05, 0) is 43.3 Å². The second kappa shape index (κ2) is 8.02. The Kier molecular flexibility index (Phi) is 5.55. The maximum atomic E-state index is 13.0. The first-order chi connectivity index (χ1) is 12.2. The summed E-state index contributed by atoms with van der Waals surface area (Å²) in [4.78, 5) is 17.8. The maximum Gasteiger partial charge on any atom is 0.278 e. The fourth-order valence-electron chi connectivity index (χ4n) is 2.52. The second-order valence-corrected chi connectivity index (χ2v) is 6.43. The van der Waals surface area contributed by atoms with Crippen molar-refractivity contribution in [2.75, 3.05) is 13.1 Å². The van der Waals surface area contributed by atoms with Crippen molar-refractivity contribution in [1.29, 1.82) is 0 Å². The highest BCUT2D eigenvalue weighted by atomic mass is 32.2. The molecule has 0 aliphatic heterocycles. The summed E-state index contributed by atoms with van der Waals surface area (Å²) < 4.78 is 5.72. The molecule has 0 saturated heterocycles. The Morgan fingerprint density at radius 2 is 1.92 bits per heavy atom. The maximum absolute atomic E-state index is 13.0. The number of carbonyl (C=O) groups is 1. The van der Waals surface area contributed by atoms with Crippen LogP contribution in [0.1, 0.15) is 24.7 Å². The topological polar surface area (TPSA) is 75.0 Å². The van der Waals surface area contributed by atoms with Gasteiger partial charge in [-0.15, -0.1) is 10.2 Å². The van der Waals surface area contributed by atoms with Gasteiger partial charge in [0.25, 0.3) is 11.1 Å². The number of rotatable bonds is 7. The fraction of sp³-hybridized carbons (Fsp3) is 0.278. The van der Waals surface area contributed by atoms with Gasteiger partial charge in [0.15, 0.2) is 0 Å². The number of hydrogen-bond acceptors (Lipinski definition) is 5. The average Bonchev–Trinajstić information content (AvgIpc) is 3.33. The van der Waals surface area contributed by atoms with Gasteiger partial charge in [-0.2, -0.15) is 0 Å². The van der Waals surface area contributed by atoms with Crippen molar-refractivity contribution in [2.45, 2.75) is 24.3 Å². The molecule has 1 unspecified atom stereocenters. The van der Waals surface area contributed by atoms with E-state index in [4.69, 9.17) is 4.42 Å². The lowest BCUT2D eigenvalue weighted by Crippen LogP contribution is -2.33. The summed E-state index contributed by atoms with van der Waals surface area (Å²) in [6.45, 7) is 5.28. The molecule has 0 spiro atoms. The third kappa shape index (κ3) is 3.93. The van der Waals surface area contributed by atoms with Gasteiger partial charge in [-0.1, -0.05) is 30.3 Å². The number of benzene rings is 1. The molecule has 2 heterocycles. The number of nitrogens with one attached hydrogen (secondary N) is 1. The van der Waals surface area contributed by atoms with Gasteiger partial charge in [-0.25, -0.2) is 0 Å². The number of carbonyl (C=O) groups excluding carboxylic acids is 1. The van der Waals surface area contributed by atoms with Crippen LogP contribution in [0.2, 0.25) is 0 Å². The van der Waals surface area contributed by atoms with Crippen molar-refractivity contribution in [3.05, 3.63) is 54.2 Å². The third-order valence-corrected chi connectivity index (χ3v) is 4.93. The Labute approximate surface area is 150 Å². The Balaban J connectivity index is 1.86. The van der Waals surface area contributed by atoms with Crippen LogP contribution in [0, 0.1) is 0 Å². The molecule has 7 heteroatoms. The van der Waals surface area contributed by atoms with E-state index in [1.54, 1.807) is 6.20 Å². The molecule has 0 radical (unpaired) electrons. The molecule has 0 bridgehead atoms. The van der Waals surface area contributed by atoms with E-state index in [2.05, 4.69) is 15.2 Å². The third-order valence-electron chi connectivity index (χ3n) is 3.86. The highest BCUT2D eigenvalue weighted by Crippen LogP contribution is 2.36. The van der Waals surface area contributed by atoms with Gasteiger partial charge in [-0.3, -0.25) is 4.79 Å². The number of nitrogens with zero attached hydrogens (tertiary/aromatic N) is 3. The minimum absolute atomic E-state index is 0.0424. The van der Waals surface area contributed by atoms with Gasteiger partial charge in [0.1, 0.15) is 10.9 Å². The average molecular weight is 356 g/mol. The van der Waals surface area contributed by atoms with Crippen LogP contribution in [-0.4, -0.2) is 39.1 Å². The minimum atomic E-state index is -0.418. The molecule has 6 nitrogen and oxygen atoms in total. The van der Waals surface area contributed by atoms with Crippen molar-refractivity contribution in [1.82, 2.24) is 20.1 Å². The Bertz CT molecular complexity index is 798. The van der Waals surface area contributed by atoms with Crippen LogP contribution in [0.15, 0.2) is 58.3 Å². The summed E-state index contributed by atoms with van der Waals surface area (Å²) in [7, 11) is 0. The van der Waals surface area contributed by atoms with Crippen molar-refractivity contribution in [2.24, 2.45) is 0 Å². The molecule has 1 aromatic carbocycles. The number of H-pyrrole nitrogens is 1. The summed E-state index contributed by atoms with van der Waals surface area (Å²) in [6, 6.07) is 13.4. The van der Waals surface area contributed by atoms with Crippen LogP contribution in [0.5, 0.6) is 0 Å². The standard InChI is InChI=1S/C18H20N4O2S/c1-3-22(4-2)17(23)15(13-9-6-5-7-10-13)25-18-21-20-16(24-18)14-11-8-12-19-14/h5-12,15,19H,3-4H2,1-2H3. The number of amides is 1. The van der Waals surface area contributed by atoms with Crippen LogP contribution in [-0.2, 0) is 4.79 Å². The van der Waals surface area contributed by atoms with E-state index in [1.165, 1.54) is 11.8 Å². The van der Waals surface area contributed by atoms with E-state index in [9.17, 15) is 4.79 Å². The van der Waals surface area contributed by atoms with Crippen LogP contribution in [0.25, 0.3) is 11.6 Å². The molecule has 0 fully saturated rings. The lowest BCUT2D eigenvalue weighted by atomic mass is 10.1. The number of aromatic amines is 1. The Morgan fingerprint density at radius 1 is 1.16 bits per heavy atom. The largest absolute Gasteiger partial charge is 0.410 e. The van der Waals surface area contributed by atoms with Crippen LogP contribution >= 0.6 is 11.8 Å². The fourth-order valence-corrected chi connectivity index (χ4v) is 3.48. The molecule has 3 rings (SSSR count). The minimum Gasteiger partial charge on any atom is -0.410 e. The molecular weight excluding hydrogens is 336 g/mol. The van der Waals surface area contributed by atoms with Crippen LogP contribution in [0.4, 0.5) is 0 Å². The summed E-state index contributed by atoms with van der Waals surface area (Å²) in [5, 5.41) is 8.10. The smallest absolute Gasteiger partial charge is 0.278 e. The lowest BCUT2D eigenvalue weighted by molar-refractivity contribution is -0.130. The Morgan fingerprint density at radius 3 is 2.56 bits per heavy atom. The van der Waals surface area contributed by atoms with E-state index in [0.717, 1.165) is 11.3 Å². The zero-order chi connectivity index (χ0) is 17.6. The van der Waals surface area contributed by atoms with Crippen molar-refractivity contribution in [3.63, 3.8) is 0 Å². The molecule has 3 aromatic rings. The van der Waals surface area contributed by atoms with E-state index < -0.39 is 5.25 Å². The molecular formula is C18H20N4O2S. The highest BCUT2D eigenvalue weighted by molar-refractivity contribution is 8.00. The lowest BCUT2D eigenvalue weighted by Gasteiger charge is -2.24. The number of hydrogen-bond donors (Lipinski definition) is 1. The molecule has 2 aromatic heterocycles. The number of thioether (sulfide) groups is 1. The molecule has 130 valence electrons. The molecule has 1 amide bonds. The van der Waals surface area contributed by atoms with Gasteiger partial charge < -0.3 is 14.3 Å². The highest BCUT2D eigenvalue weighted by Gasteiger charge is 2.28. The first kappa shape index (κ1) is 17.3. The van der Waals surface area contributed by atoms with Gasteiger partial charge >= 0.3 is 0 Å². The quantitative estimate of drug-likeness (QED) is 0.652. The predicted octanol–water partition coefficient (Wildman–Crippen LogP) is 3.77. The SMILES string of the molecule is CCN(CC)C(=O)C(Sc1nnc(-c2ccc[nH]2)o1)c1ccccc1. The Hall–Kier alpha value is -2.54. The summed E-state index contributed by atoms with van der Waals surface area (Å²) in [5.74, 6) is 0.454. The normalized spacial score (nSPS) is 12.1. The first-order valence-corrected chi connectivity index (χ1v) is 9.08. The molecule has 1 N–H and O–H groups in total. The van der Waals surface area contributed by atoms with Crippen molar-refractivity contribution in [3.8, 4) is 11.6 Å². The van der Waals surface area contributed by atoms with E-state index in [1.807, 2.05) is 61.2 Å². The molecule has 0 saturated carbocycles. The summed E-state index contributed by atoms with van der Waals surface area (Å²) in [6.07, 6.45) is 1.79. The predicted molar refractivity (Wildman–Crippen MR) is 97.1 cm³/mol. The first-order valence-electron chi connectivity index (χ1n) is 8.20. The molecule has 1 atom stereocenters. The summed E-state index contributed by atoms with van der Waals surface area (Å²) in [5.41, 5.74) is 1.68. The molecule has 0 aliphatic rings. The summed E-state index contributed by atoms with van der Waals surface area (Å²) >= 11 is 1.28. The zero-order valence-electron chi connectivity index (χ0n) is 14.2. The monoisotopic (exact) mass is 356 g/mol. The van der Waals surface area contributed by atoms with E-state index in [-0.39, 0.29) is 5.91 Å². The number of aromatic nitrogens is 3. The number of likely N-dealkylation sites (N-methyl/N-ethyl adjacent to an activating group) is 1. The van der Waals surface area contributed by atoms with Gasteiger partial charge in [0.2, 0.25) is 5.91 Å². The zero-order valence-corrected chi connectivity index (χ0v) is 15.0. The van der Waals surface area contributed by atoms with Crippen molar-refractivity contribution < 1.29 is 9.21 Å². The van der Waals surface area contributed by atoms with Crippen LogP contribution < -0.4 is 0 Å². The van der Waals surface area contributed by atoms with Crippen molar-refractivity contribution >= 4 is 17.7 Å². The molecule has 25 heavy (non-hydrogen) atoms. The van der Waals surface area contributed by atoms with Crippen LogP contribution in [0.3, 0.4) is 0 Å².